The van der Waals surface area contributed by atoms with Crippen LogP contribution in [0.25, 0.3) is 0 Å². The summed E-state index contributed by atoms with van der Waals surface area (Å²) in [7, 11) is -3.71. The Morgan fingerprint density at radius 3 is 2.26 bits per heavy atom. The first-order chi connectivity index (χ1) is 15.0. The van der Waals surface area contributed by atoms with Gasteiger partial charge in [0.25, 0.3) is 5.91 Å². The van der Waals surface area contributed by atoms with E-state index >= 15 is 0 Å². The van der Waals surface area contributed by atoms with E-state index in [1.54, 1.807) is 22.5 Å². The van der Waals surface area contributed by atoms with Crippen LogP contribution in [0.15, 0.2) is 41.3 Å². The lowest BCUT2D eigenvalue weighted by Gasteiger charge is -2.28. The number of sulfonamides is 1. The fraction of sp³-hybridized carbons (Fsp3) is 0.435. The quantitative estimate of drug-likeness (QED) is 0.772. The van der Waals surface area contributed by atoms with E-state index in [0.717, 1.165) is 51.6 Å². The Kier molecular flexibility index (Phi) is 5.35. The predicted molar refractivity (Wildman–Crippen MR) is 120 cm³/mol. The van der Waals surface area contributed by atoms with Gasteiger partial charge in [-0.15, -0.1) is 0 Å². The van der Waals surface area contributed by atoms with Crippen LogP contribution in [-0.2, 0) is 10.0 Å². The van der Waals surface area contributed by atoms with Crippen LogP contribution < -0.4 is 15.0 Å². The standard InChI is InChI=1S/C23H27N3O4S/c27-23-17-15-22(31(28,29)26-13-7-8-14-26)19(25-11-5-1-2-6-12-25)16-21(17)30-20-10-4-3-9-18(20)24-23/h3-4,9-10,15-16H,1-2,5-8,11-14H2,(H,24,27). The average molecular weight is 442 g/mol. The SMILES string of the molecule is O=C1Nc2ccccc2Oc2cc(N3CCCCCC3)c(S(=O)(=O)N3CCCC3)cc21. The molecule has 1 N–H and O–H groups in total. The maximum atomic E-state index is 13.6. The molecule has 0 unspecified atom stereocenters. The molecule has 3 heterocycles. The summed E-state index contributed by atoms with van der Waals surface area (Å²) in [6.45, 7) is 2.63. The Morgan fingerprint density at radius 2 is 1.52 bits per heavy atom. The number of benzene rings is 2. The summed E-state index contributed by atoms with van der Waals surface area (Å²) in [5, 5.41) is 2.85. The summed E-state index contributed by atoms with van der Waals surface area (Å²) < 4.78 is 34.9. The number of nitrogens with zero attached hydrogens (tertiary/aromatic N) is 2. The number of amides is 1. The second kappa shape index (κ2) is 8.16. The molecule has 8 heteroatoms. The Balaban J connectivity index is 1.66. The van der Waals surface area contributed by atoms with Gasteiger partial charge in [0.1, 0.15) is 10.6 Å². The summed E-state index contributed by atoms with van der Waals surface area (Å²) in [5.41, 5.74) is 1.45. The van der Waals surface area contributed by atoms with Crippen LogP contribution in [0.4, 0.5) is 11.4 Å². The molecule has 2 aromatic rings. The smallest absolute Gasteiger partial charge is 0.259 e. The molecule has 0 atom stereocenters. The Bertz CT molecular complexity index is 1100. The monoisotopic (exact) mass is 441 g/mol. The van der Waals surface area contributed by atoms with Crippen molar-refractivity contribution in [3.63, 3.8) is 0 Å². The highest BCUT2D eigenvalue weighted by Crippen LogP contribution is 2.41. The van der Waals surface area contributed by atoms with Crippen molar-refractivity contribution in [2.24, 2.45) is 0 Å². The first-order valence-electron chi connectivity index (χ1n) is 11.1. The van der Waals surface area contributed by atoms with E-state index < -0.39 is 10.0 Å². The number of rotatable bonds is 3. The van der Waals surface area contributed by atoms with Gasteiger partial charge >= 0.3 is 0 Å². The maximum absolute atomic E-state index is 13.6. The number of ether oxygens (including phenoxy) is 1. The molecule has 3 aliphatic heterocycles. The number of anilines is 2. The maximum Gasteiger partial charge on any atom is 0.259 e. The molecular weight excluding hydrogens is 414 g/mol. The topological polar surface area (TPSA) is 79.0 Å². The van der Waals surface area contributed by atoms with Crippen molar-refractivity contribution in [3.8, 4) is 11.5 Å². The molecule has 31 heavy (non-hydrogen) atoms. The molecule has 5 rings (SSSR count). The minimum Gasteiger partial charge on any atom is -0.454 e. The minimum absolute atomic E-state index is 0.208. The fourth-order valence-corrected chi connectivity index (χ4v) is 6.35. The van der Waals surface area contributed by atoms with Gasteiger partial charge < -0.3 is 15.0 Å². The van der Waals surface area contributed by atoms with Gasteiger partial charge in [0, 0.05) is 32.2 Å². The van der Waals surface area contributed by atoms with Gasteiger partial charge in [-0.25, -0.2) is 8.42 Å². The van der Waals surface area contributed by atoms with Gasteiger partial charge in [0.05, 0.1) is 16.9 Å². The highest BCUT2D eigenvalue weighted by Gasteiger charge is 2.34. The normalized spacial score (nSPS) is 19.6. The van der Waals surface area contributed by atoms with Gasteiger partial charge in [-0.3, -0.25) is 4.79 Å². The number of para-hydroxylation sites is 2. The summed E-state index contributed by atoms with van der Waals surface area (Å²) in [6, 6.07) is 10.5. The van der Waals surface area contributed by atoms with Gasteiger partial charge in [-0.05, 0) is 43.9 Å². The van der Waals surface area contributed by atoms with E-state index in [4.69, 9.17) is 4.74 Å². The van der Waals surface area contributed by atoms with Crippen LogP contribution in [0.3, 0.4) is 0 Å². The lowest BCUT2D eigenvalue weighted by molar-refractivity contribution is 0.102. The van der Waals surface area contributed by atoms with E-state index in [1.807, 2.05) is 12.1 Å². The Labute approximate surface area is 183 Å². The number of fused-ring (bicyclic) bond motifs is 2. The zero-order valence-corrected chi connectivity index (χ0v) is 18.3. The molecule has 0 bridgehead atoms. The number of nitrogens with one attached hydrogen (secondary N) is 1. The van der Waals surface area contributed by atoms with Crippen LogP contribution >= 0.6 is 0 Å². The van der Waals surface area contributed by atoms with Crippen LogP contribution in [0, 0.1) is 0 Å². The number of carbonyl (C=O) groups excluding carboxylic acids is 1. The summed E-state index contributed by atoms with van der Waals surface area (Å²) in [6.07, 6.45) is 6.04. The highest BCUT2D eigenvalue weighted by molar-refractivity contribution is 7.89. The Morgan fingerprint density at radius 1 is 0.839 bits per heavy atom. The number of carbonyl (C=O) groups is 1. The molecule has 7 nitrogen and oxygen atoms in total. The zero-order valence-electron chi connectivity index (χ0n) is 17.5. The first kappa shape index (κ1) is 20.3. The Hall–Kier alpha value is -2.58. The van der Waals surface area contributed by atoms with Gasteiger partial charge in [-0.2, -0.15) is 4.31 Å². The molecule has 0 radical (unpaired) electrons. The predicted octanol–water partition coefficient (Wildman–Crippen LogP) is 4.21. The molecule has 2 saturated heterocycles. The minimum atomic E-state index is -3.71. The van der Waals surface area contributed by atoms with Crippen molar-refractivity contribution in [1.29, 1.82) is 0 Å². The van der Waals surface area contributed by atoms with Crippen molar-refractivity contribution in [3.05, 3.63) is 42.0 Å². The molecule has 1 amide bonds. The third-order valence-corrected chi connectivity index (χ3v) is 8.22. The third-order valence-electron chi connectivity index (χ3n) is 6.29. The zero-order chi connectivity index (χ0) is 21.4. The van der Waals surface area contributed by atoms with E-state index in [9.17, 15) is 13.2 Å². The second-order valence-corrected chi connectivity index (χ2v) is 10.3. The van der Waals surface area contributed by atoms with E-state index in [0.29, 0.717) is 36.0 Å². The van der Waals surface area contributed by atoms with Crippen molar-refractivity contribution in [1.82, 2.24) is 4.31 Å². The third kappa shape index (κ3) is 3.78. The lowest BCUT2D eigenvalue weighted by atomic mass is 10.1. The van der Waals surface area contributed by atoms with Crippen molar-refractivity contribution in [2.45, 2.75) is 43.4 Å². The summed E-state index contributed by atoms with van der Waals surface area (Å²) >= 11 is 0. The fourth-order valence-electron chi connectivity index (χ4n) is 4.61. The number of hydrogen-bond donors (Lipinski definition) is 1. The molecule has 164 valence electrons. The molecular formula is C23H27N3O4S. The van der Waals surface area contributed by atoms with Crippen molar-refractivity contribution >= 4 is 27.3 Å². The average Bonchev–Trinajstić information content (AvgIpc) is 3.12. The van der Waals surface area contributed by atoms with Gasteiger partial charge in [0.2, 0.25) is 10.0 Å². The lowest BCUT2D eigenvalue weighted by Crippen LogP contribution is -2.32. The van der Waals surface area contributed by atoms with Crippen molar-refractivity contribution in [2.75, 3.05) is 36.4 Å². The molecule has 0 spiro atoms. The van der Waals surface area contributed by atoms with E-state index in [2.05, 4.69) is 10.2 Å². The van der Waals surface area contributed by atoms with Crippen LogP contribution in [0.1, 0.15) is 48.9 Å². The van der Waals surface area contributed by atoms with Crippen LogP contribution in [0.2, 0.25) is 0 Å². The highest BCUT2D eigenvalue weighted by atomic mass is 32.2. The van der Waals surface area contributed by atoms with E-state index in [-0.39, 0.29) is 16.4 Å². The van der Waals surface area contributed by atoms with Gasteiger partial charge in [-0.1, -0.05) is 25.0 Å². The molecule has 3 aliphatic rings. The van der Waals surface area contributed by atoms with E-state index in [1.165, 1.54) is 6.07 Å². The second-order valence-electron chi connectivity index (χ2n) is 8.38. The molecule has 0 aromatic heterocycles. The van der Waals surface area contributed by atoms with Crippen LogP contribution in [0.5, 0.6) is 11.5 Å². The molecule has 2 aromatic carbocycles. The van der Waals surface area contributed by atoms with Crippen LogP contribution in [-0.4, -0.2) is 44.8 Å². The summed E-state index contributed by atoms with van der Waals surface area (Å²) in [5.74, 6) is 0.578. The van der Waals surface area contributed by atoms with Gasteiger partial charge in [0.15, 0.2) is 5.75 Å². The largest absolute Gasteiger partial charge is 0.454 e. The molecule has 0 saturated carbocycles. The summed E-state index contributed by atoms with van der Waals surface area (Å²) in [4.78, 5) is 15.4. The number of hydrogen-bond acceptors (Lipinski definition) is 5. The molecule has 2 fully saturated rings. The van der Waals surface area contributed by atoms with Crippen molar-refractivity contribution < 1.29 is 17.9 Å². The molecule has 0 aliphatic carbocycles. The first-order valence-corrected chi connectivity index (χ1v) is 12.5.